The Hall–Kier alpha value is -0.0400. The molecule has 0 radical (unpaired) electrons. The summed E-state index contributed by atoms with van der Waals surface area (Å²) in [5.41, 5.74) is 0. The molecule has 1 nitrogen and oxygen atoms in total. The van der Waals surface area contributed by atoms with Gasteiger partial charge in [-0.05, 0) is 37.8 Å². The van der Waals surface area contributed by atoms with Crippen LogP contribution in [0, 0.1) is 11.8 Å². The molecular weight excluding hydrogens is 182 g/mol. The first-order chi connectivity index (χ1) is 7.47. The van der Waals surface area contributed by atoms with Crippen LogP contribution in [0.4, 0.5) is 0 Å². The fourth-order valence-electron chi connectivity index (χ4n) is 3.45. The molecule has 1 N–H and O–H groups in total. The van der Waals surface area contributed by atoms with Crippen LogP contribution in [0.25, 0.3) is 0 Å². The van der Waals surface area contributed by atoms with E-state index in [0.717, 1.165) is 11.8 Å². The molecule has 0 unspecified atom stereocenters. The summed E-state index contributed by atoms with van der Waals surface area (Å²) in [6, 6.07) is 0. The SMILES string of the molecule is C1CCCCC(C2CCNCC2)CCC1. The van der Waals surface area contributed by atoms with Gasteiger partial charge in [0.2, 0.25) is 0 Å². The van der Waals surface area contributed by atoms with Gasteiger partial charge in [0, 0.05) is 0 Å². The van der Waals surface area contributed by atoms with Gasteiger partial charge in [0.25, 0.3) is 0 Å². The van der Waals surface area contributed by atoms with E-state index in [1.54, 1.807) is 0 Å². The second-order valence-corrected chi connectivity index (χ2v) is 5.55. The summed E-state index contributed by atoms with van der Waals surface area (Å²) in [4.78, 5) is 0. The summed E-state index contributed by atoms with van der Waals surface area (Å²) >= 11 is 0. The molecule has 0 aromatic carbocycles. The van der Waals surface area contributed by atoms with E-state index in [1.165, 1.54) is 77.3 Å². The number of piperidine rings is 1. The van der Waals surface area contributed by atoms with Crippen LogP contribution in [-0.4, -0.2) is 13.1 Å². The predicted octanol–water partition coefficient (Wildman–Crippen LogP) is 3.74. The van der Waals surface area contributed by atoms with Crippen molar-refractivity contribution in [2.24, 2.45) is 11.8 Å². The van der Waals surface area contributed by atoms with E-state index in [9.17, 15) is 0 Å². The molecule has 1 heteroatoms. The summed E-state index contributed by atoms with van der Waals surface area (Å²) in [5, 5.41) is 3.49. The van der Waals surface area contributed by atoms with Crippen LogP contribution in [0.15, 0.2) is 0 Å². The molecule has 2 fully saturated rings. The van der Waals surface area contributed by atoms with Crippen molar-refractivity contribution in [3.05, 3.63) is 0 Å². The van der Waals surface area contributed by atoms with E-state index < -0.39 is 0 Å². The number of hydrogen-bond donors (Lipinski definition) is 1. The van der Waals surface area contributed by atoms with Crippen LogP contribution >= 0.6 is 0 Å². The van der Waals surface area contributed by atoms with E-state index in [4.69, 9.17) is 0 Å². The van der Waals surface area contributed by atoms with E-state index in [2.05, 4.69) is 5.32 Å². The highest BCUT2D eigenvalue weighted by atomic mass is 14.9. The van der Waals surface area contributed by atoms with Gasteiger partial charge in [0.05, 0.1) is 0 Å². The molecule has 0 spiro atoms. The number of hydrogen-bond acceptors (Lipinski definition) is 1. The molecule has 0 atom stereocenters. The Labute approximate surface area is 95.0 Å². The first-order valence-corrected chi connectivity index (χ1v) is 7.17. The molecule has 1 saturated carbocycles. The standard InChI is InChI=1S/C14H27N/c1-2-4-6-8-13(7-5-3-1)14-9-11-15-12-10-14/h13-15H,1-12H2. The molecule has 0 bridgehead atoms. The predicted molar refractivity (Wildman–Crippen MR) is 66.0 cm³/mol. The molecule has 0 amide bonds. The van der Waals surface area contributed by atoms with Crippen molar-refractivity contribution in [2.45, 2.75) is 64.2 Å². The van der Waals surface area contributed by atoms with Gasteiger partial charge in [0.1, 0.15) is 0 Å². The van der Waals surface area contributed by atoms with Gasteiger partial charge in [-0.1, -0.05) is 51.4 Å². The molecule has 1 saturated heterocycles. The third-order valence-corrected chi connectivity index (χ3v) is 4.45. The topological polar surface area (TPSA) is 12.0 Å². The van der Waals surface area contributed by atoms with E-state index in [-0.39, 0.29) is 0 Å². The van der Waals surface area contributed by atoms with Crippen LogP contribution in [-0.2, 0) is 0 Å². The molecule has 1 heterocycles. The van der Waals surface area contributed by atoms with Crippen LogP contribution in [0.3, 0.4) is 0 Å². The molecule has 1 aliphatic carbocycles. The van der Waals surface area contributed by atoms with Gasteiger partial charge < -0.3 is 5.32 Å². The highest BCUT2D eigenvalue weighted by Crippen LogP contribution is 2.32. The summed E-state index contributed by atoms with van der Waals surface area (Å²) in [6.45, 7) is 2.56. The van der Waals surface area contributed by atoms with Crippen LogP contribution in [0.5, 0.6) is 0 Å². The van der Waals surface area contributed by atoms with Gasteiger partial charge in [-0.25, -0.2) is 0 Å². The smallest absolute Gasteiger partial charge is 0.00462 e. The zero-order chi connectivity index (χ0) is 10.3. The summed E-state index contributed by atoms with van der Waals surface area (Å²) in [7, 11) is 0. The van der Waals surface area contributed by atoms with Crippen LogP contribution in [0.1, 0.15) is 64.2 Å². The molecule has 0 aromatic heterocycles. The minimum absolute atomic E-state index is 1.06. The average molecular weight is 209 g/mol. The fraction of sp³-hybridized carbons (Fsp3) is 1.00. The second-order valence-electron chi connectivity index (χ2n) is 5.55. The maximum atomic E-state index is 3.49. The zero-order valence-corrected chi connectivity index (χ0v) is 10.1. The van der Waals surface area contributed by atoms with E-state index in [1.807, 2.05) is 0 Å². The third kappa shape index (κ3) is 3.79. The Balaban J connectivity index is 1.80. The van der Waals surface area contributed by atoms with Gasteiger partial charge >= 0.3 is 0 Å². The van der Waals surface area contributed by atoms with Crippen LogP contribution < -0.4 is 5.32 Å². The van der Waals surface area contributed by atoms with Crippen molar-refractivity contribution in [2.75, 3.05) is 13.1 Å². The second kappa shape index (κ2) is 6.52. The zero-order valence-electron chi connectivity index (χ0n) is 10.1. The highest BCUT2D eigenvalue weighted by molar-refractivity contribution is 4.76. The summed E-state index contributed by atoms with van der Waals surface area (Å²) in [6.07, 6.45) is 15.0. The molecular formula is C14H27N. The van der Waals surface area contributed by atoms with Gasteiger partial charge in [-0.3, -0.25) is 0 Å². The quantitative estimate of drug-likeness (QED) is 0.694. The van der Waals surface area contributed by atoms with Crippen molar-refractivity contribution < 1.29 is 0 Å². The Kier molecular flexibility index (Phi) is 4.98. The van der Waals surface area contributed by atoms with Gasteiger partial charge in [0.15, 0.2) is 0 Å². The Morgan fingerprint density at radius 3 is 1.60 bits per heavy atom. The summed E-state index contributed by atoms with van der Waals surface area (Å²) in [5.74, 6) is 2.13. The van der Waals surface area contributed by atoms with E-state index in [0.29, 0.717) is 0 Å². The molecule has 15 heavy (non-hydrogen) atoms. The minimum atomic E-state index is 1.06. The maximum Gasteiger partial charge on any atom is -0.00462 e. The van der Waals surface area contributed by atoms with Crippen molar-refractivity contribution in [1.82, 2.24) is 5.32 Å². The number of nitrogens with one attached hydrogen (secondary N) is 1. The van der Waals surface area contributed by atoms with Crippen molar-refractivity contribution in [1.29, 1.82) is 0 Å². The lowest BCUT2D eigenvalue weighted by Crippen LogP contribution is -2.31. The first-order valence-electron chi connectivity index (χ1n) is 7.17. The van der Waals surface area contributed by atoms with Gasteiger partial charge in [-0.15, -0.1) is 0 Å². The average Bonchev–Trinajstić information content (AvgIpc) is 2.43. The largest absolute Gasteiger partial charge is 0.317 e. The maximum absolute atomic E-state index is 3.49. The van der Waals surface area contributed by atoms with Crippen LogP contribution in [0.2, 0.25) is 0 Å². The normalized spacial score (nSPS) is 28.0. The molecule has 1 aliphatic heterocycles. The lowest BCUT2D eigenvalue weighted by atomic mass is 9.79. The van der Waals surface area contributed by atoms with Crippen molar-refractivity contribution in [3.63, 3.8) is 0 Å². The van der Waals surface area contributed by atoms with Crippen molar-refractivity contribution in [3.8, 4) is 0 Å². The Morgan fingerprint density at radius 1 is 0.533 bits per heavy atom. The highest BCUT2D eigenvalue weighted by Gasteiger charge is 2.23. The number of rotatable bonds is 1. The lowest BCUT2D eigenvalue weighted by Gasteiger charge is -2.30. The van der Waals surface area contributed by atoms with Crippen molar-refractivity contribution >= 4 is 0 Å². The lowest BCUT2D eigenvalue weighted by molar-refractivity contribution is 0.228. The summed E-state index contributed by atoms with van der Waals surface area (Å²) < 4.78 is 0. The molecule has 88 valence electrons. The fourth-order valence-corrected chi connectivity index (χ4v) is 3.45. The monoisotopic (exact) mass is 209 g/mol. The molecule has 2 aliphatic rings. The van der Waals surface area contributed by atoms with E-state index >= 15 is 0 Å². The molecule has 0 aromatic rings. The Morgan fingerprint density at radius 2 is 1.00 bits per heavy atom. The van der Waals surface area contributed by atoms with Gasteiger partial charge in [-0.2, -0.15) is 0 Å². The first kappa shape index (κ1) is 11.4. The third-order valence-electron chi connectivity index (χ3n) is 4.45. The minimum Gasteiger partial charge on any atom is -0.317 e. The Bertz CT molecular complexity index is 151. The molecule has 2 rings (SSSR count).